The van der Waals surface area contributed by atoms with Crippen molar-refractivity contribution in [2.24, 2.45) is 10.7 Å². The molecule has 0 bridgehead atoms. The summed E-state index contributed by atoms with van der Waals surface area (Å²) >= 11 is 6.02. The molecule has 3 N–H and O–H groups in total. The fraction of sp³-hybridized carbons (Fsp3) is 0.294. The normalized spacial score (nSPS) is 20.7. The molecule has 1 aromatic heterocycles. The van der Waals surface area contributed by atoms with Gasteiger partial charge in [0, 0.05) is 41.8 Å². The van der Waals surface area contributed by atoms with Gasteiger partial charge in [0.05, 0.1) is 0 Å². The van der Waals surface area contributed by atoms with Gasteiger partial charge in [-0.15, -0.1) is 0 Å². The molecule has 0 amide bonds. The summed E-state index contributed by atoms with van der Waals surface area (Å²) in [7, 11) is 0. The highest BCUT2D eigenvalue weighted by Gasteiger charge is 2.38. The second-order valence-corrected chi connectivity index (χ2v) is 5.92. The van der Waals surface area contributed by atoms with E-state index in [1.165, 1.54) is 5.56 Å². The van der Waals surface area contributed by atoms with Crippen molar-refractivity contribution in [2.45, 2.75) is 24.8 Å². The molecule has 1 aliphatic carbocycles. The van der Waals surface area contributed by atoms with Crippen molar-refractivity contribution in [3.8, 4) is 0 Å². The molecule has 3 rings (SSSR count). The highest BCUT2D eigenvalue weighted by atomic mass is 35.5. The van der Waals surface area contributed by atoms with Gasteiger partial charge in [0.1, 0.15) is 0 Å². The lowest BCUT2D eigenvalue weighted by atomic mass is 10.1. The molecule has 4 nitrogen and oxygen atoms in total. The van der Waals surface area contributed by atoms with E-state index in [1.54, 1.807) is 6.20 Å². The van der Waals surface area contributed by atoms with E-state index in [1.807, 2.05) is 36.4 Å². The number of nitrogens with one attached hydrogen (secondary N) is 1. The van der Waals surface area contributed by atoms with E-state index in [0.717, 1.165) is 23.6 Å². The number of nitrogens with zero attached hydrogens (tertiary/aromatic N) is 2. The molecule has 1 aromatic carbocycles. The van der Waals surface area contributed by atoms with Gasteiger partial charge in [-0.05, 0) is 36.2 Å². The lowest BCUT2D eigenvalue weighted by Crippen LogP contribution is -2.34. The highest BCUT2D eigenvalue weighted by molar-refractivity contribution is 6.30. The van der Waals surface area contributed by atoms with Crippen LogP contribution >= 0.6 is 11.6 Å². The Balaban J connectivity index is 1.47. The van der Waals surface area contributed by atoms with Gasteiger partial charge in [0.2, 0.25) is 0 Å². The van der Waals surface area contributed by atoms with Gasteiger partial charge >= 0.3 is 0 Å². The fourth-order valence-corrected chi connectivity index (χ4v) is 2.73. The Morgan fingerprint density at radius 3 is 3.00 bits per heavy atom. The Morgan fingerprint density at radius 1 is 1.32 bits per heavy atom. The fourth-order valence-electron chi connectivity index (χ4n) is 2.53. The zero-order valence-electron chi connectivity index (χ0n) is 12.2. The van der Waals surface area contributed by atoms with Crippen molar-refractivity contribution in [1.82, 2.24) is 10.3 Å². The molecular weight excluding hydrogens is 296 g/mol. The minimum absolute atomic E-state index is 0.358. The van der Waals surface area contributed by atoms with Crippen LogP contribution in [-0.2, 0) is 6.42 Å². The largest absolute Gasteiger partial charge is 0.370 e. The summed E-state index contributed by atoms with van der Waals surface area (Å²) in [4.78, 5) is 8.63. The monoisotopic (exact) mass is 314 g/mol. The maximum Gasteiger partial charge on any atom is 0.188 e. The highest BCUT2D eigenvalue weighted by Crippen LogP contribution is 2.41. The van der Waals surface area contributed by atoms with Crippen molar-refractivity contribution in [1.29, 1.82) is 0 Å². The summed E-state index contributed by atoms with van der Waals surface area (Å²) in [5.74, 6) is 0.980. The Hall–Kier alpha value is -2.07. The van der Waals surface area contributed by atoms with Crippen LogP contribution in [0.3, 0.4) is 0 Å². The average molecular weight is 315 g/mol. The first-order valence-electron chi connectivity index (χ1n) is 7.44. The van der Waals surface area contributed by atoms with Crippen LogP contribution in [0.1, 0.15) is 23.6 Å². The molecule has 1 saturated carbocycles. The average Bonchev–Trinajstić information content (AvgIpc) is 3.27. The molecule has 2 aromatic rings. The van der Waals surface area contributed by atoms with Crippen molar-refractivity contribution in [2.75, 3.05) is 6.54 Å². The number of pyridine rings is 1. The molecule has 1 aliphatic rings. The lowest BCUT2D eigenvalue weighted by molar-refractivity contribution is 0.838. The van der Waals surface area contributed by atoms with Crippen molar-refractivity contribution >= 4 is 17.6 Å². The van der Waals surface area contributed by atoms with Crippen LogP contribution in [0, 0.1) is 0 Å². The van der Waals surface area contributed by atoms with E-state index in [-0.39, 0.29) is 0 Å². The molecule has 0 radical (unpaired) electrons. The van der Waals surface area contributed by atoms with Crippen LogP contribution < -0.4 is 11.1 Å². The Kier molecular flexibility index (Phi) is 4.59. The van der Waals surface area contributed by atoms with Crippen molar-refractivity contribution in [3.05, 3.63) is 64.9 Å². The quantitative estimate of drug-likeness (QED) is 0.659. The number of hydrogen-bond donors (Lipinski definition) is 2. The molecule has 1 fully saturated rings. The lowest BCUT2D eigenvalue weighted by Gasteiger charge is -2.05. The van der Waals surface area contributed by atoms with Crippen LogP contribution in [0.4, 0.5) is 0 Å². The number of aliphatic imine (C=N–C) groups is 1. The molecule has 0 saturated heterocycles. The van der Waals surface area contributed by atoms with E-state index >= 15 is 0 Å². The van der Waals surface area contributed by atoms with Crippen LogP contribution in [0.2, 0.25) is 5.02 Å². The molecule has 22 heavy (non-hydrogen) atoms. The third kappa shape index (κ3) is 3.98. The van der Waals surface area contributed by atoms with Gasteiger partial charge < -0.3 is 11.1 Å². The minimum Gasteiger partial charge on any atom is -0.370 e. The number of rotatable bonds is 5. The summed E-state index contributed by atoms with van der Waals surface area (Å²) in [5.41, 5.74) is 8.23. The summed E-state index contributed by atoms with van der Waals surface area (Å²) in [6, 6.07) is 14.2. The second-order valence-electron chi connectivity index (χ2n) is 5.49. The van der Waals surface area contributed by atoms with Gasteiger partial charge in [-0.25, -0.2) is 0 Å². The van der Waals surface area contributed by atoms with Crippen LogP contribution in [-0.4, -0.2) is 23.5 Å². The molecule has 114 valence electrons. The predicted molar refractivity (Wildman–Crippen MR) is 90.2 cm³/mol. The second kappa shape index (κ2) is 6.79. The van der Waals surface area contributed by atoms with Gasteiger partial charge in [0.15, 0.2) is 5.96 Å². The third-order valence-corrected chi connectivity index (χ3v) is 4.01. The standard InChI is InChI=1S/C17H19ClN4/c18-13-5-3-4-12(10-13)15-11-16(15)22-17(19)21-9-7-14-6-1-2-8-20-14/h1-6,8,10,15-16H,7,9,11H2,(H3,19,21,22). The maximum absolute atomic E-state index is 6.02. The summed E-state index contributed by atoms with van der Waals surface area (Å²) in [6.07, 6.45) is 3.66. The van der Waals surface area contributed by atoms with Gasteiger partial charge in [-0.1, -0.05) is 29.8 Å². The zero-order valence-corrected chi connectivity index (χ0v) is 13.0. The van der Waals surface area contributed by atoms with Crippen LogP contribution in [0.5, 0.6) is 0 Å². The number of benzene rings is 1. The van der Waals surface area contributed by atoms with Crippen LogP contribution in [0.15, 0.2) is 53.7 Å². The molecule has 0 spiro atoms. The predicted octanol–water partition coefficient (Wildman–Crippen LogP) is 2.74. The third-order valence-electron chi connectivity index (χ3n) is 3.78. The van der Waals surface area contributed by atoms with E-state index in [4.69, 9.17) is 17.3 Å². The SMILES string of the molecule is NC(=NCCc1ccccn1)NC1CC1c1cccc(Cl)c1. The number of nitrogens with two attached hydrogens (primary N) is 1. The minimum atomic E-state index is 0.358. The number of guanidine groups is 1. The molecule has 0 aliphatic heterocycles. The summed E-state index contributed by atoms with van der Waals surface area (Å²) in [6.45, 7) is 0.643. The Morgan fingerprint density at radius 2 is 2.23 bits per heavy atom. The molecular formula is C17H19ClN4. The van der Waals surface area contributed by atoms with E-state index in [9.17, 15) is 0 Å². The number of hydrogen-bond acceptors (Lipinski definition) is 2. The number of halogens is 1. The first kappa shape index (κ1) is 14.9. The summed E-state index contributed by atoms with van der Waals surface area (Å²) < 4.78 is 0. The zero-order chi connectivity index (χ0) is 15.4. The van der Waals surface area contributed by atoms with E-state index in [0.29, 0.717) is 24.5 Å². The van der Waals surface area contributed by atoms with Gasteiger partial charge in [-0.2, -0.15) is 0 Å². The Bertz CT molecular complexity index is 657. The molecule has 5 heteroatoms. The van der Waals surface area contributed by atoms with Crippen molar-refractivity contribution in [3.63, 3.8) is 0 Å². The summed E-state index contributed by atoms with van der Waals surface area (Å²) in [5, 5.41) is 4.05. The van der Waals surface area contributed by atoms with E-state index in [2.05, 4.69) is 21.4 Å². The molecule has 2 atom stereocenters. The van der Waals surface area contributed by atoms with Crippen LogP contribution in [0.25, 0.3) is 0 Å². The first-order valence-corrected chi connectivity index (χ1v) is 7.82. The molecule has 2 unspecified atom stereocenters. The molecule has 1 heterocycles. The smallest absolute Gasteiger partial charge is 0.188 e. The maximum atomic E-state index is 6.02. The number of aromatic nitrogens is 1. The van der Waals surface area contributed by atoms with Gasteiger partial charge in [0.25, 0.3) is 0 Å². The topological polar surface area (TPSA) is 63.3 Å². The Labute approximate surface area is 135 Å². The first-order chi connectivity index (χ1) is 10.7. The van der Waals surface area contributed by atoms with E-state index < -0.39 is 0 Å². The van der Waals surface area contributed by atoms with Gasteiger partial charge in [-0.3, -0.25) is 9.98 Å². The van der Waals surface area contributed by atoms with Crippen molar-refractivity contribution < 1.29 is 0 Å².